The van der Waals surface area contributed by atoms with Gasteiger partial charge in [-0.3, -0.25) is 14.5 Å². The molecule has 0 aliphatic carbocycles. The number of aromatic hydroxyl groups is 1. The van der Waals surface area contributed by atoms with Gasteiger partial charge in [0.15, 0.2) is 11.5 Å². The number of imide groups is 1. The topological polar surface area (TPSA) is 66.8 Å². The molecule has 0 radical (unpaired) electrons. The molecular formula is C18H12BrCl2NO4S. The zero-order valence-corrected chi connectivity index (χ0v) is 17.7. The van der Waals surface area contributed by atoms with E-state index in [0.29, 0.717) is 25.6 Å². The zero-order valence-electron chi connectivity index (χ0n) is 13.8. The Hall–Kier alpha value is -1.67. The number of hydrogen-bond acceptors (Lipinski definition) is 5. The van der Waals surface area contributed by atoms with Crippen LogP contribution < -0.4 is 4.74 Å². The van der Waals surface area contributed by atoms with Crippen molar-refractivity contribution < 1.29 is 19.4 Å². The molecule has 2 aromatic rings. The molecule has 0 unspecified atom stereocenters. The third kappa shape index (κ3) is 4.11. The van der Waals surface area contributed by atoms with Crippen molar-refractivity contribution in [2.75, 3.05) is 7.11 Å². The van der Waals surface area contributed by atoms with Gasteiger partial charge >= 0.3 is 0 Å². The first-order chi connectivity index (χ1) is 12.8. The molecular weight excluding hydrogens is 477 g/mol. The SMILES string of the molecule is COc1cc(/C=C2\SC(=O)N(Cc3c(Cl)cccc3Cl)C2=O)cc(Br)c1O. The highest BCUT2D eigenvalue weighted by atomic mass is 79.9. The molecule has 1 aliphatic rings. The fraction of sp³-hybridized carbons (Fsp3) is 0.111. The summed E-state index contributed by atoms with van der Waals surface area (Å²) in [6.07, 6.45) is 1.56. The standard InChI is InChI=1S/C18H12BrCl2NO4S/c1-26-14-6-9(5-11(19)16(14)23)7-15-17(24)22(18(25)27-15)8-10-12(20)3-2-4-13(10)21/h2-7,23H,8H2,1H3/b15-7-. The highest BCUT2D eigenvalue weighted by Gasteiger charge is 2.35. The number of benzene rings is 2. The van der Waals surface area contributed by atoms with E-state index in [1.807, 2.05) is 0 Å². The van der Waals surface area contributed by atoms with Crippen molar-refractivity contribution in [2.45, 2.75) is 6.54 Å². The molecule has 1 aliphatic heterocycles. The smallest absolute Gasteiger partial charge is 0.293 e. The number of thioether (sulfide) groups is 1. The number of methoxy groups -OCH3 is 1. The number of carbonyl (C=O) groups excluding carboxylic acids is 2. The van der Waals surface area contributed by atoms with Gasteiger partial charge in [0.1, 0.15) is 0 Å². The molecule has 5 nitrogen and oxygen atoms in total. The zero-order chi connectivity index (χ0) is 19.7. The predicted octanol–water partition coefficient (Wildman–Crippen LogP) is 5.71. The number of nitrogens with zero attached hydrogens (tertiary/aromatic N) is 1. The van der Waals surface area contributed by atoms with Gasteiger partial charge in [0.2, 0.25) is 0 Å². The fourth-order valence-corrected chi connectivity index (χ4v) is 4.28. The lowest BCUT2D eigenvalue weighted by atomic mass is 10.1. The maximum absolute atomic E-state index is 12.7. The highest BCUT2D eigenvalue weighted by molar-refractivity contribution is 9.10. The summed E-state index contributed by atoms with van der Waals surface area (Å²) in [5.74, 6) is -0.238. The summed E-state index contributed by atoms with van der Waals surface area (Å²) >= 11 is 16.3. The summed E-state index contributed by atoms with van der Waals surface area (Å²) in [4.78, 5) is 26.4. The summed E-state index contributed by atoms with van der Waals surface area (Å²) in [6.45, 7) is -0.0108. The molecule has 0 atom stereocenters. The number of phenols is 1. The van der Waals surface area contributed by atoms with E-state index in [1.165, 1.54) is 7.11 Å². The van der Waals surface area contributed by atoms with Crippen LogP contribution in [0.2, 0.25) is 10.0 Å². The Labute approximate surface area is 178 Å². The quantitative estimate of drug-likeness (QED) is 0.558. The van der Waals surface area contributed by atoms with Crippen molar-refractivity contribution in [3.05, 3.63) is 60.9 Å². The largest absolute Gasteiger partial charge is 0.503 e. The summed E-state index contributed by atoms with van der Waals surface area (Å²) in [6, 6.07) is 8.18. The van der Waals surface area contributed by atoms with Crippen LogP contribution in [0.4, 0.5) is 4.79 Å². The molecule has 0 spiro atoms. The van der Waals surface area contributed by atoms with Gasteiger partial charge in [0.05, 0.1) is 23.0 Å². The Kier molecular flexibility index (Phi) is 6.05. The highest BCUT2D eigenvalue weighted by Crippen LogP contribution is 2.39. The molecule has 2 aromatic carbocycles. The molecule has 0 bridgehead atoms. The third-order valence-electron chi connectivity index (χ3n) is 3.82. The maximum atomic E-state index is 12.7. The normalized spacial score (nSPS) is 15.7. The Morgan fingerprint density at radius 1 is 1.26 bits per heavy atom. The van der Waals surface area contributed by atoms with Gasteiger partial charge in [0, 0.05) is 15.6 Å². The van der Waals surface area contributed by atoms with Gasteiger partial charge in [-0.05, 0) is 63.6 Å². The second-order valence-electron chi connectivity index (χ2n) is 5.52. The van der Waals surface area contributed by atoms with E-state index in [0.717, 1.165) is 16.7 Å². The van der Waals surface area contributed by atoms with Crippen molar-refractivity contribution in [1.82, 2.24) is 4.90 Å². The second-order valence-corrected chi connectivity index (χ2v) is 8.18. The minimum Gasteiger partial charge on any atom is -0.503 e. The molecule has 1 fully saturated rings. The van der Waals surface area contributed by atoms with Gasteiger partial charge in [-0.2, -0.15) is 0 Å². The first-order valence-electron chi connectivity index (χ1n) is 7.56. The summed E-state index contributed by atoms with van der Waals surface area (Å²) in [7, 11) is 1.42. The van der Waals surface area contributed by atoms with E-state index in [4.69, 9.17) is 27.9 Å². The molecule has 3 rings (SSSR count). The maximum Gasteiger partial charge on any atom is 0.293 e. The van der Waals surface area contributed by atoms with Gasteiger partial charge in [-0.15, -0.1) is 0 Å². The first-order valence-corrected chi connectivity index (χ1v) is 9.93. The van der Waals surface area contributed by atoms with Crippen LogP contribution in [0, 0.1) is 0 Å². The summed E-state index contributed by atoms with van der Waals surface area (Å²) in [5.41, 5.74) is 1.11. The van der Waals surface area contributed by atoms with Crippen LogP contribution in [0.3, 0.4) is 0 Å². The number of rotatable bonds is 4. The molecule has 1 heterocycles. The minimum atomic E-state index is -0.441. The lowest BCUT2D eigenvalue weighted by Crippen LogP contribution is -2.27. The van der Waals surface area contributed by atoms with Crippen molar-refractivity contribution in [1.29, 1.82) is 0 Å². The number of halogens is 3. The number of hydrogen-bond donors (Lipinski definition) is 1. The Morgan fingerprint density at radius 2 is 1.93 bits per heavy atom. The van der Waals surface area contributed by atoms with Crippen molar-refractivity contribution in [2.24, 2.45) is 0 Å². The van der Waals surface area contributed by atoms with Gasteiger partial charge in [-0.25, -0.2) is 0 Å². The molecule has 9 heteroatoms. The number of amides is 2. The van der Waals surface area contributed by atoms with E-state index in [1.54, 1.807) is 36.4 Å². The van der Waals surface area contributed by atoms with Crippen LogP contribution in [-0.4, -0.2) is 28.3 Å². The molecule has 140 valence electrons. The number of ether oxygens (including phenoxy) is 1. The van der Waals surface area contributed by atoms with Crippen LogP contribution >= 0.6 is 50.9 Å². The van der Waals surface area contributed by atoms with E-state index >= 15 is 0 Å². The molecule has 27 heavy (non-hydrogen) atoms. The van der Waals surface area contributed by atoms with Crippen LogP contribution in [0.25, 0.3) is 6.08 Å². The fourth-order valence-electron chi connectivity index (χ4n) is 2.46. The van der Waals surface area contributed by atoms with E-state index < -0.39 is 11.1 Å². The molecule has 1 N–H and O–H groups in total. The average molecular weight is 489 g/mol. The Balaban J connectivity index is 1.90. The van der Waals surface area contributed by atoms with E-state index in [-0.39, 0.29) is 22.9 Å². The number of phenolic OH excluding ortho intramolecular Hbond substituents is 1. The molecule has 1 saturated heterocycles. The van der Waals surface area contributed by atoms with E-state index in [2.05, 4.69) is 15.9 Å². The molecule has 0 aromatic heterocycles. The van der Waals surface area contributed by atoms with Crippen molar-refractivity contribution in [3.63, 3.8) is 0 Å². The van der Waals surface area contributed by atoms with E-state index in [9.17, 15) is 14.7 Å². The Morgan fingerprint density at radius 3 is 2.56 bits per heavy atom. The van der Waals surface area contributed by atoms with Crippen molar-refractivity contribution in [3.8, 4) is 11.5 Å². The lowest BCUT2D eigenvalue weighted by Gasteiger charge is -2.14. The van der Waals surface area contributed by atoms with Crippen molar-refractivity contribution >= 4 is 68.1 Å². The first kappa shape index (κ1) is 20.1. The van der Waals surface area contributed by atoms with Gasteiger partial charge < -0.3 is 9.84 Å². The summed E-state index contributed by atoms with van der Waals surface area (Å²) < 4.78 is 5.51. The predicted molar refractivity (Wildman–Crippen MR) is 110 cm³/mol. The van der Waals surface area contributed by atoms with Crippen LogP contribution in [-0.2, 0) is 11.3 Å². The van der Waals surface area contributed by atoms with Gasteiger partial charge in [-0.1, -0.05) is 29.3 Å². The minimum absolute atomic E-state index is 0.0108. The number of carbonyl (C=O) groups is 2. The van der Waals surface area contributed by atoms with Crippen LogP contribution in [0.1, 0.15) is 11.1 Å². The third-order valence-corrected chi connectivity index (χ3v) is 6.04. The second kappa shape index (κ2) is 8.14. The van der Waals surface area contributed by atoms with Crippen LogP contribution in [0.15, 0.2) is 39.7 Å². The van der Waals surface area contributed by atoms with Crippen LogP contribution in [0.5, 0.6) is 11.5 Å². The lowest BCUT2D eigenvalue weighted by molar-refractivity contribution is -0.123. The van der Waals surface area contributed by atoms with Gasteiger partial charge in [0.25, 0.3) is 11.1 Å². The average Bonchev–Trinajstić information content (AvgIpc) is 2.88. The monoisotopic (exact) mass is 487 g/mol. The summed E-state index contributed by atoms with van der Waals surface area (Å²) in [5, 5.41) is 10.2. The molecule has 0 saturated carbocycles. The Bertz CT molecular complexity index is 960. The molecule has 2 amide bonds.